The largest absolute Gasteiger partial charge is 0.393 e. The Kier molecular flexibility index (Phi) is 2.30. The molecule has 0 spiro atoms. The first-order chi connectivity index (χ1) is 7.81. The average Bonchev–Trinajstić information content (AvgIpc) is 2.74. The standard InChI is InChI=1S/C15H26O2/c1-13(2)6-10-7-14(10,3)11-4-5-15(17,9-16)12(11)8-13/h10-12,16-17H,4-9H2,1-3H3/t10-,11+,12-,14+,15+/m0/s1. The summed E-state index contributed by atoms with van der Waals surface area (Å²) in [4.78, 5) is 0. The zero-order chi connectivity index (χ0) is 12.5. The summed E-state index contributed by atoms with van der Waals surface area (Å²) in [7, 11) is 0. The summed E-state index contributed by atoms with van der Waals surface area (Å²) in [5.74, 6) is 1.83. The molecule has 3 rings (SSSR count). The maximum Gasteiger partial charge on any atom is 0.0908 e. The normalized spacial score (nSPS) is 55.9. The Balaban J connectivity index is 1.95. The molecule has 0 heterocycles. The third kappa shape index (κ3) is 1.60. The Morgan fingerprint density at radius 3 is 2.41 bits per heavy atom. The van der Waals surface area contributed by atoms with Crippen LogP contribution in [0.4, 0.5) is 0 Å². The Hall–Kier alpha value is -0.0800. The van der Waals surface area contributed by atoms with E-state index in [1.165, 1.54) is 12.8 Å². The van der Waals surface area contributed by atoms with E-state index in [4.69, 9.17) is 0 Å². The SMILES string of the molecule is CC1(C)C[C@H]2C[C@@]2(C)[C@@H]2CC[C@@](O)(CO)[C@H]2C1. The van der Waals surface area contributed by atoms with E-state index in [1.54, 1.807) is 0 Å². The highest BCUT2D eigenvalue weighted by Gasteiger charge is 2.65. The Morgan fingerprint density at radius 2 is 1.76 bits per heavy atom. The molecule has 0 amide bonds. The van der Waals surface area contributed by atoms with Crippen molar-refractivity contribution < 1.29 is 10.2 Å². The van der Waals surface area contributed by atoms with Crippen molar-refractivity contribution in [2.45, 2.75) is 58.5 Å². The summed E-state index contributed by atoms with van der Waals surface area (Å²) in [6, 6.07) is 0. The molecule has 0 bridgehead atoms. The van der Waals surface area contributed by atoms with Gasteiger partial charge in [0.1, 0.15) is 0 Å². The van der Waals surface area contributed by atoms with Gasteiger partial charge in [-0.25, -0.2) is 0 Å². The van der Waals surface area contributed by atoms with E-state index in [1.807, 2.05) is 0 Å². The second-order valence-electron chi connectivity index (χ2n) is 7.99. The van der Waals surface area contributed by atoms with Crippen LogP contribution in [0.5, 0.6) is 0 Å². The lowest BCUT2D eigenvalue weighted by molar-refractivity contribution is -0.0667. The molecule has 0 aromatic rings. The smallest absolute Gasteiger partial charge is 0.0908 e. The molecule has 2 heteroatoms. The molecule has 3 saturated carbocycles. The summed E-state index contributed by atoms with van der Waals surface area (Å²) in [6.07, 6.45) is 5.65. The second kappa shape index (κ2) is 3.27. The fourth-order valence-electron chi connectivity index (χ4n) is 5.06. The number of fused-ring (bicyclic) bond motifs is 3. The molecule has 3 fully saturated rings. The van der Waals surface area contributed by atoms with Crippen LogP contribution < -0.4 is 0 Å². The van der Waals surface area contributed by atoms with Crippen molar-refractivity contribution in [1.82, 2.24) is 0 Å². The number of hydrogen-bond acceptors (Lipinski definition) is 2. The van der Waals surface area contributed by atoms with Crippen molar-refractivity contribution >= 4 is 0 Å². The first-order valence-corrected chi connectivity index (χ1v) is 7.14. The van der Waals surface area contributed by atoms with Gasteiger partial charge in [-0.3, -0.25) is 0 Å². The Labute approximate surface area is 104 Å². The highest BCUT2D eigenvalue weighted by atomic mass is 16.3. The highest BCUT2D eigenvalue weighted by Crippen LogP contribution is 2.70. The van der Waals surface area contributed by atoms with Gasteiger partial charge in [0, 0.05) is 0 Å². The second-order valence-corrected chi connectivity index (χ2v) is 7.99. The first-order valence-electron chi connectivity index (χ1n) is 7.14. The molecule has 0 aliphatic heterocycles. The van der Waals surface area contributed by atoms with E-state index < -0.39 is 5.60 Å². The van der Waals surface area contributed by atoms with Crippen molar-refractivity contribution in [3.05, 3.63) is 0 Å². The van der Waals surface area contributed by atoms with Crippen LogP contribution in [0, 0.1) is 28.6 Å². The van der Waals surface area contributed by atoms with Gasteiger partial charge in [-0.15, -0.1) is 0 Å². The van der Waals surface area contributed by atoms with E-state index in [0.717, 1.165) is 25.2 Å². The third-order valence-corrected chi connectivity index (χ3v) is 6.22. The van der Waals surface area contributed by atoms with E-state index in [0.29, 0.717) is 22.7 Å². The monoisotopic (exact) mass is 238 g/mol. The number of hydrogen-bond donors (Lipinski definition) is 2. The van der Waals surface area contributed by atoms with Gasteiger partial charge in [0.15, 0.2) is 0 Å². The zero-order valence-electron chi connectivity index (χ0n) is 11.4. The first kappa shape index (κ1) is 12.0. The molecule has 0 radical (unpaired) electrons. The highest BCUT2D eigenvalue weighted by molar-refractivity contribution is 5.14. The van der Waals surface area contributed by atoms with Gasteiger partial charge >= 0.3 is 0 Å². The van der Waals surface area contributed by atoms with E-state index in [9.17, 15) is 10.2 Å². The van der Waals surface area contributed by atoms with Gasteiger partial charge in [0.2, 0.25) is 0 Å². The lowest BCUT2D eigenvalue weighted by Gasteiger charge is -2.37. The molecule has 3 aliphatic carbocycles. The lowest BCUT2D eigenvalue weighted by atomic mass is 9.72. The van der Waals surface area contributed by atoms with Crippen molar-refractivity contribution in [3.8, 4) is 0 Å². The number of aliphatic hydroxyl groups is 2. The van der Waals surface area contributed by atoms with Gasteiger partial charge in [0.25, 0.3) is 0 Å². The maximum absolute atomic E-state index is 10.7. The van der Waals surface area contributed by atoms with E-state index in [2.05, 4.69) is 20.8 Å². The number of aliphatic hydroxyl groups excluding tert-OH is 1. The molecule has 17 heavy (non-hydrogen) atoms. The minimum Gasteiger partial charge on any atom is -0.393 e. The van der Waals surface area contributed by atoms with Crippen molar-refractivity contribution in [3.63, 3.8) is 0 Å². The minimum atomic E-state index is -0.789. The zero-order valence-corrected chi connectivity index (χ0v) is 11.4. The third-order valence-electron chi connectivity index (χ3n) is 6.22. The summed E-state index contributed by atoms with van der Waals surface area (Å²) in [5.41, 5.74) is 0.00977. The van der Waals surface area contributed by atoms with Crippen LogP contribution in [0.3, 0.4) is 0 Å². The Bertz CT molecular complexity index is 338. The van der Waals surface area contributed by atoms with Crippen LogP contribution in [0.25, 0.3) is 0 Å². The Morgan fingerprint density at radius 1 is 1.06 bits per heavy atom. The molecular formula is C15H26O2. The quantitative estimate of drug-likeness (QED) is 0.737. The van der Waals surface area contributed by atoms with Crippen LogP contribution in [0.15, 0.2) is 0 Å². The van der Waals surface area contributed by atoms with E-state index in [-0.39, 0.29) is 6.61 Å². The topological polar surface area (TPSA) is 40.5 Å². The van der Waals surface area contributed by atoms with Gasteiger partial charge in [-0.2, -0.15) is 0 Å². The van der Waals surface area contributed by atoms with Gasteiger partial charge in [-0.05, 0) is 60.7 Å². The predicted molar refractivity (Wildman–Crippen MR) is 67.5 cm³/mol. The predicted octanol–water partition coefficient (Wildman–Crippen LogP) is 2.58. The fourth-order valence-corrected chi connectivity index (χ4v) is 5.06. The van der Waals surface area contributed by atoms with Gasteiger partial charge < -0.3 is 10.2 Å². The minimum absolute atomic E-state index is 0.0506. The summed E-state index contributed by atoms with van der Waals surface area (Å²) in [6.45, 7) is 7.04. The molecule has 0 saturated heterocycles. The van der Waals surface area contributed by atoms with Crippen LogP contribution in [-0.2, 0) is 0 Å². The van der Waals surface area contributed by atoms with Gasteiger partial charge in [0.05, 0.1) is 12.2 Å². The molecule has 0 unspecified atom stereocenters. The lowest BCUT2D eigenvalue weighted by Crippen LogP contribution is -2.41. The fraction of sp³-hybridized carbons (Fsp3) is 1.00. The molecule has 5 atom stereocenters. The summed E-state index contributed by atoms with van der Waals surface area (Å²) >= 11 is 0. The van der Waals surface area contributed by atoms with Crippen LogP contribution in [0.1, 0.15) is 52.9 Å². The molecule has 0 aromatic heterocycles. The summed E-state index contributed by atoms with van der Waals surface area (Å²) in [5, 5.41) is 20.2. The molecule has 3 aliphatic rings. The molecule has 98 valence electrons. The summed E-state index contributed by atoms with van der Waals surface area (Å²) < 4.78 is 0. The van der Waals surface area contributed by atoms with Crippen molar-refractivity contribution in [2.75, 3.05) is 6.61 Å². The molecule has 0 aromatic carbocycles. The molecule has 2 nitrogen and oxygen atoms in total. The van der Waals surface area contributed by atoms with Crippen LogP contribution in [-0.4, -0.2) is 22.4 Å². The van der Waals surface area contributed by atoms with Crippen LogP contribution >= 0.6 is 0 Å². The average molecular weight is 238 g/mol. The molecule has 2 N–H and O–H groups in total. The molecular weight excluding hydrogens is 212 g/mol. The maximum atomic E-state index is 10.7. The van der Waals surface area contributed by atoms with E-state index >= 15 is 0 Å². The van der Waals surface area contributed by atoms with Gasteiger partial charge in [-0.1, -0.05) is 20.8 Å². The van der Waals surface area contributed by atoms with Crippen LogP contribution in [0.2, 0.25) is 0 Å². The number of rotatable bonds is 1. The van der Waals surface area contributed by atoms with Crippen molar-refractivity contribution in [1.29, 1.82) is 0 Å². The van der Waals surface area contributed by atoms with Crippen molar-refractivity contribution in [2.24, 2.45) is 28.6 Å².